The molecule has 0 atom stereocenters. The summed E-state index contributed by atoms with van der Waals surface area (Å²) >= 11 is 0. The van der Waals surface area contributed by atoms with Gasteiger partial charge < -0.3 is 15.7 Å². The first-order valence-electron chi connectivity index (χ1n) is 5.78. The number of ketones is 1. The molecule has 0 saturated carbocycles. The van der Waals surface area contributed by atoms with Gasteiger partial charge in [-0.3, -0.25) is 14.4 Å². The number of primary amides is 1. The van der Waals surface area contributed by atoms with Crippen molar-refractivity contribution in [3.63, 3.8) is 0 Å². The van der Waals surface area contributed by atoms with Gasteiger partial charge in [-0.15, -0.1) is 0 Å². The first kappa shape index (κ1) is 12.8. The SMILES string of the molecule is CCc1[nH]c(=O)c(C(N)=O)cc1C(=O)c1ccc[nH]1. The maximum absolute atomic E-state index is 12.3. The highest BCUT2D eigenvalue weighted by molar-refractivity contribution is 6.09. The topological polar surface area (TPSA) is 109 Å². The van der Waals surface area contributed by atoms with Crippen molar-refractivity contribution in [1.29, 1.82) is 0 Å². The van der Waals surface area contributed by atoms with E-state index in [1.807, 2.05) is 0 Å². The highest BCUT2D eigenvalue weighted by atomic mass is 16.2. The standard InChI is InChI=1S/C13H13N3O3/c1-2-9-7(11(17)10-4-3-5-15-10)6-8(12(14)18)13(19)16-9/h3-6,15H,2H2,1H3,(H2,14,18)(H,16,19). The average molecular weight is 259 g/mol. The van der Waals surface area contributed by atoms with Crippen LogP contribution in [0.5, 0.6) is 0 Å². The van der Waals surface area contributed by atoms with Gasteiger partial charge in [-0.2, -0.15) is 0 Å². The van der Waals surface area contributed by atoms with E-state index in [4.69, 9.17) is 5.73 Å². The van der Waals surface area contributed by atoms with Crippen LogP contribution in [0, 0.1) is 0 Å². The lowest BCUT2D eigenvalue weighted by atomic mass is 10.0. The molecule has 0 unspecified atom stereocenters. The van der Waals surface area contributed by atoms with Crippen LogP contribution in [0.3, 0.4) is 0 Å². The number of aromatic amines is 2. The van der Waals surface area contributed by atoms with Gasteiger partial charge in [-0.25, -0.2) is 0 Å². The molecule has 6 heteroatoms. The van der Waals surface area contributed by atoms with E-state index in [9.17, 15) is 14.4 Å². The van der Waals surface area contributed by atoms with Crippen molar-refractivity contribution in [2.24, 2.45) is 5.73 Å². The third-order valence-electron chi connectivity index (χ3n) is 2.83. The van der Waals surface area contributed by atoms with Crippen LogP contribution in [0.15, 0.2) is 29.2 Å². The number of H-pyrrole nitrogens is 2. The van der Waals surface area contributed by atoms with E-state index in [0.717, 1.165) is 0 Å². The Morgan fingerprint density at radius 3 is 2.58 bits per heavy atom. The van der Waals surface area contributed by atoms with Crippen LogP contribution in [-0.2, 0) is 6.42 Å². The molecule has 2 rings (SSSR count). The van der Waals surface area contributed by atoms with E-state index in [1.54, 1.807) is 25.3 Å². The number of carbonyl (C=O) groups excluding carboxylic acids is 2. The first-order chi connectivity index (χ1) is 9.04. The normalized spacial score (nSPS) is 10.4. The minimum Gasteiger partial charge on any atom is -0.365 e. The second-order valence-electron chi connectivity index (χ2n) is 4.04. The van der Waals surface area contributed by atoms with Gasteiger partial charge in [0.05, 0.1) is 5.69 Å². The molecule has 0 aliphatic rings. The second kappa shape index (κ2) is 4.93. The van der Waals surface area contributed by atoms with Gasteiger partial charge in [-0.05, 0) is 24.6 Å². The summed E-state index contributed by atoms with van der Waals surface area (Å²) in [6, 6.07) is 4.57. The van der Waals surface area contributed by atoms with Crippen LogP contribution in [0.2, 0.25) is 0 Å². The Morgan fingerprint density at radius 1 is 1.32 bits per heavy atom. The number of amides is 1. The lowest BCUT2D eigenvalue weighted by Gasteiger charge is -2.07. The zero-order valence-electron chi connectivity index (χ0n) is 10.3. The predicted octanol–water partition coefficient (Wildman–Crippen LogP) is 0.595. The number of rotatable bonds is 4. The highest BCUT2D eigenvalue weighted by Gasteiger charge is 2.18. The van der Waals surface area contributed by atoms with Gasteiger partial charge in [0, 0.05) is 17.5 Å². The molecule has 0 spiro atoms. The van der Waals surface area contributed by atoms with Crippen LogP contribution in [0.1, 0.15) is 39.0 Å². The molecular weight excluding hydrogens is 246 g/mol. The van der Waals surface area contributed by atoms with E-state index >= 15 is 0 Å². The summed E-state index contributed by atoms with van der Waals surface area (Å²) in [5, 5.41) is 0. The molecule has 0 aromatic carbocycles. The number of carbonyl (C=O) groups is 2. The van der Waals surface area contributed by atoms with Crippen LogP contribution in [0.4, 0.5) is 0 Å². The molecule has 0 aliphatic carbocycles. The Hall–Kier alpha value is -2.63. The third kappa shape index (κ3) is 2.33. The van der Waals surface area contributed by atoms with Crippen molar-refractivity contribution in [2.45, 2.75) is 13.3 Å². The third-order valence-corrected chi connectivity index (χ3v) is 2.83. The van der Waals surface area contributed by atoms with Gasteiger partial charge in [0.2, 0.25) is 5.78 Å². The Bertz CT molecular complexity index is 684. The summed E-state index contributed by atoms with van der Waals surface area (Å²) in [7, 11) is 0. The Labute approximate surface area is 108 Å². The highest BCUT2D eigenvalue weighted by Crippen LogP contribution is 2.12. The quantitative estimate of drug-likeness (QED) is 0.699. The van der Waals surface area contributed by atoms with E-state index in [1.165, 1.54) is 6.07 Å². The van der Waals surface area contributed by atoms with Crippen molar-refractivity contribution < 1.29 is 9.59 Å². The van der Waals surface area contributed by atoms with Gasteiger partial charge in [-0.1, -0.05) is 6.92 Å². The molecular formula is C13H13N3O3. The smallest absolute Gasteiger partial charge is 0.261 e. The van der Waals surface area contributed by atoms with Gasteiger partial charge in [0.1, 0.15) is 5.56 Å². The number of hydrogen-bond donors (Lipinski definition) is 3. The monoisotopic (exact) mass is 259 g/mol. The predicted molar refractivity (Wildman–Crippen MR) is 69.2 cm³/mol. The molecule has 98 valence electrons. The van der Waals surface area contributed by atoms with E-state index in [2.05, 4.69) is 9.97 Å². The zero-order valence-corrected chi connectivity index (χ0v) is 10.3. The fraction of sp³-hybridized carbons (Fsp3) is 0.154. The fourth-order valence-corrected chi connectivity index (χ4v) is 1.85. The Kier molecular flexibility index (Phi) is 3.33. The summed E-state index contributed by atoms with van der Waals surface area (Å²) in [6.45, 7) is 1.81. The summed E-state index contributed by atoms with van der Waals surface area (Å²) in [4.78, 5) is 40.4. The van der Waals surface area contributed by atoms with Crippen molar-refractivity contribution in [3.8, 4) is 0 Å². The van der Waals surface area contributed by atoms with Gasteiger partial charge >= 0.3 is 0 Å². The zero-order chi connectivity index (χ0) is 14.0. The maximum atomic E-state index is 12.3. The fourth-order valence-electron chi connectivity index (χ4n) is 1.85. The minimum atomic E-state index is -0.857. The molecule has 2 aromatic heterocycles. The number of aryl methyl sites for hydroxylation is 1. The average Bonchev–Trinajstić information content (AvgIpc) is 2.90. The summed E-state index contributed by atoms with van der Waals surface area (Å²) in [6.07, 6.45) is 2.09. The van der Waals surface area contributed by atoms with E-state index in [0.29, 0.717) is 17.8 Å². The molecule has 2 aromatic rings. The largest absolute Gasteiger partial charge is 0.365 e. The van der Waals surface area contributed by atoms with Crippen LogP contribution < -0.4 is 11.3 Å². The van der Waals surface area contributed by atoms with Crippen molar-refractivity contribution >= 4 is 11.7 Å². The Morgan fingerprint density at radius 2 is 2.05 bits per heavy atom. The van der Waals surface area contributed by atoms with Crippen molar-refractivity contribution in [3.05, 3.63) is 57.3 Å². The minimum absolute atomic E-state index is 0.216. The van der Waals surface area contributed by atoms with Gasteiger partial charge in [0.15, 0.2) is 0 Å². The van der Waals surface area contributed by atoms with Crippen molar-refractivity contribution in [2.75, 3.05) is 0 Å². The lowest BCUT2D eigenvalue weighted by Crippen LogP contribution is -2.26. The van der Waals surface area contributed by atoms with Gasteiger partial charge in [0.25, 0.3) is 11.5 Å². The van der Waals surface area contributed by atoms with Crippen LogP contribution in [0.25, 0.3) is 0 Å². The molecule has 19 heavy (non-hydrogen) atoms. The molecule has 6 nitrogen and oxygen atoms in total. The lowest BCUT2D eigenvalue weighted by molar-refractivity contribution is 0.0999. The van der Waals surface area contributed by atoms with Crippen LogP contribution in [-0.4, -0.2) is 21.7 Å². The molecule has 4 N–H and O–H groups in total. The second-order valence-corrected chi connectivity index (χ2v) is 4.04. The molecule has 0 bridgehead atoms. The van der Waals surface area contributed by atoms with E-state index < -0.39 is 11.5 Å². The summed E-state index contributed by atoms with van der Waals surface area (Å²) < 4.78 is 0. The molecule has 2 heterocycles. The van der Waals surface area contributed by atoms with Crippen LogP contribution >= 0.6 is 0 Å². The summed E-state index contributed by atoms with van der Waals surface area (Å²) in [5.41, 5.74) is 5.47. The molecule has 0 saturated heterocycles. The number of nitrogens with two attached hydrogens (primary N) is 1. The molecule has 0 fully saturated rings. The Balaban J connectivity index is 2.61. The number of pyridine rings is 1. The number of hydrogen-bond acceptors (Lipinski definition) is 3. The molecule has 0 radical (unpaired) electrons. The summed E-state index contributed by atoms with van der Waals surface area (Å²) in [5.74, 6) is -1.15. The number of aromatic nitrogens is 2. The molecule has 0 aliphatic heterocycles. The number of nitrogens with one attached hydrogen (secondary N) is 2. The van der Waals surface area contributed by atoms with Crippen molar-refractivity contribution in [1.82, 2.24) is 9.97 Å². The maximum Gasteiger partial charge on any atom is 0.261 e. The van der Waals surface area contributed by atoms with E-state index in [-0.39, 0.29) is 16.9 Å². The molecule has 1 amide bonds. The first-order valence-corrected chi connectivity index (χ1v) is 5.78.